The highest BCUT2D eigenvalue weighted by Crippen LogP contribution is 2.43. The molecule has 1 aliphatic heterocycles. The fourth-order valence-corrected chi connectivity index (χ4v) is 3.24. The van der Waals surface area contributed by atoms with E-state index in [0.717, 1.165) is 38.4 Å². The highest BCUT2D eigenvalue weighted by atomic mass is 16.5. The molecule has 0 bridgehead atoms. The Kier molecular flexibility index (Phi) is 3.65. The predicted molar refractivity (Wildman–Crippen MR) is 78.7 cm³/mol. The van der Waals surface area contributed by atoms with Crippen molar-refractivity contribution in [2.75, 3.05) is 31.1 Å². The predicted octanol–water partition coefficient (Wildman–Crippen LogP) is 2.79. The molecule has 1 aliphatic carbocycles. The summed E-state index contributed by atoms with van der Waals surface area (Å²) < 4.78 is 5.81. The zero-order chi connectivity index (χ0) is 13.1. The van der Waals surface area contributed by atoms with Gasteiger partial charge in [0.25, 0.3) is 0 Å². The highest BCUT2D eigenvalue weighted by molar-refractivity contribution is 5.58. The molecule has 19 heavy (non-hydrogen) atoms. The van der Waals surface area contributed by atoms with Crippen molar-refractivity contribution in [2.24, 2.45) is 11.1 Å². The van der Waals surface area contributed by atoms with E-state index in [9.17, 15) is 0 Å². The number of nitrogens with zero attached hydrogens (tertiary/aromatic N) is 1. The first-order valence-electron chi connectivity index (χ1n) is 7.50. The Bertz CT molecular complexity index is 423. The summed E-state index contributed by atoms with van der Waals surface area (Å²) in [6.07, 6.45) is 6.31. The molecule has 0 radical (unpaired) electrons. The van der Waals surface area contributed by atoms with Crippen LogP contribution in [-0.2, 0) is 0 Å². The summed E-state index contributed by atoms with van der Waals surface area (Å²) in [5.41, 5.74) is 7.66. The van der Waals surface area contributed by atoms with Gasteiger partial charge in [0.15, 0.2) is 0 Å². The molecule has 1 saturated carbocycles. The van der Waals surface area contributed by atoms with Crippen LogP contribution in [0, 0.1) is 5.41 Å². The fraction of sp³-hybridized carbons (Fsp3) is 0.625. The second-order valence-corrected chi connectivity index (χ2v) is 5.96. The molecule has 0 atom stereocenters. The van der Waals surface area contributed by atoms with E-state index in [-0.39, 0.29) is 0 Å². The minimum Gasteiger partial charge on any atom is -0.491 e. The van der Waals surface area contributed by atoms with E-state index in [1.807, 2.05) is 0 Å². The molecule has 3 rings (SSSR count). The Labute approximate surface area is 115 Å². The van der Waals surface area contributed by atoms with Gasteiger partial charge in [0.2, 0.25) is 0 Å². The number of anilines is 1. The van der Waals surface area contributed by atoms with E-state index in [4.69, 9.17) is 10.5 Å². The summed E-state index contributed by atoms with van der Waals surface area (Å²) in [6, 6.07) is 8.41. The maximum absolute atomic E-state index is 5.97. The van der Waals surface area contributed by atoms with Crippen LogP contribution in [0.2, 0.25) is 0 Å². The Morgan fingerprint density at radius 1 is 1.21 bits per heavy atom. The highest BCUT2D eigenvalue weighted by Gasteiger charge is 2.35. The molecule has 1 aromatic rings. The van der Waals surface area contributed by atoms with Crippen LogP contribution < -0.4 is 15.4 Å². The molecule has 2 N–H and O–H groups in total. The zero-order valence-corrected chi connectivity index (χ0v) is 11.6. The van der Waals surface area contributed by atoms with Crippen molar-refractivity contribution < 1.29 is 4.74 Å². The van der Waals surface area contributed by atoms with Crippen molar-refractivity contribution >= 4 is 5.69 Å². The molecule has 1 fully saturated rings. The minimum atomic E-state index is 0.433. The number of ether oxygens (including phenoxy) is 1. The quantitative estimate of drug-likeness (QED) is 0.904. The lowest BCUT2D eigenvalue weighted by Crippen LogP contribution is -2.40. The van der Waals surface area contributed by atoms with Gasteiger partial charge in [-0.3, -0.25) is 0 Å². The third kappa shape index (κ3) is 2.57. The van der Waals surface area contributed by atoms with Crippen LogP contribution in [0.15, 0.2) is 24.3 Å². The van der Waals surface area contributed by atoms with Crippen LogP contribution in [0.3, 0.4) is 0 Å². The van der Waals surface area contributed by atoms with E-state index in [1.54, 1.807) is 0 Å². The SMILES string of the molecule is NCC1(CCN2CCCOc3ccccc32)CCC1. The summed E-state index contributed by atoms with van der Waals surface area (Å²) in [6.45, 7) is 3.88. The second-order valence-electron chi connectivity index (χ2n) is 5.96. The van der Waals surface area contributed by atoms with Gasteiger partial charge in [-0.2, -0.15) is 0 Å². The topological polar surface area (TPSA) is 38.5 Å². The van der Waals surface area contributed by atoms with Crippen molar-refractivity contribution in [3.8, 4) is 5.75 Å². The molecule has 2 aliphatic rings. The van der Waals surface area contributed by atoms with Gasteiger partial charge in [0.1, 0.15) is 5.75 Å². The van der Waals surface area contributed by atoms with E-state index >= 15 is 0 Å². The van der Waals surface area contributed by atoms with E-state index < -0.39 is 0 Å². The number of rotatable bonds is 4. The minimum absolute atomic E-state index is 0.433. The van der Waals surface area contributed by atoms with Crippen LogP contribution >= 0.6 is 0 Å². The Morgan fingerprint density at radius 2 is 2.05 bits per heavy atom. The van der Waals surface area contributed by atoms with Crippen molar-refractivity contribution in [1.82, 2.24) is 0 Å². The molecule has 0 aromatic heterocycles. The first-order chi connectivity index (χ1) is 9.33. The van der Waals surface area contributed by atoms with Gasteiger partial charge in [0, 0.05) is 13.1 Å². The van der Waals surface area contributed by atoms with Crippen LogP contribution in [0.5, 0.6) is 5.75 Å². The van der Waals surface area contributed by atoms with E-state index in [0.29, 0.717) is 5.41 Å². The molecule has 1 aromatic carbocycles. The average Bonchev–Trinajstić information content (AvgIpc) is 2.61. The lowest BCUT2D eigenvalue weighted by atomic mass is 9.66. The normalized spacial score (nSPS) is 21.0. The molecule has 0 unspecified atom stereocenters. The van der Waals surface area contributed by atoms with Crippen LogP contribution in [-0.4, -0.2) is 26.2 Å². The first-order valence-corrected chi connectivity index (χ1v) is 7.50. The molecule has 3 nitrogen and oxygen atoms in total. The van der Waals surface area contributed by atoms with Crippen molar-refractivity contribution in [3.63, 3.8) is 0 Å². The second kappa shape index (κ2) is 5.41. The molecule has 0 amide bonds. The number of para-hydroxylation sites is 2. The summed E-state index contributed by atoms with van der Waals surface area (Å²) in [7, 11) is 0. The number of hydrogen-bond donors (Lipinski definition) is 1. The molecule has 104 valence electrons. The molecule has 0 spiro atoms. The third-order valence-corrected chi connectivity index (χ3v) is 4.80. The van der Waals surface area contributed by atoms with Crippen molar-refractivity contribution in [1.29, 1.82) is 0 Å². The Hall–Kier alpha value is -1.22. The van der Waals surface area contributed by atoms with Crippen molar-refractivity contribution in [2.45, 2.75) is 32.1 Å². The zero-order valence-electron chi connectivity index (χ0n) is 11.6. The maximum Gasteiger partial charge on any atom is 0.142 e. The summed E-state index contributed by atoms with van der Waals surface area (Å²) in [5, 5.41) is 0. The lowest BCUT2D eigenvalue weighted by Gasteiger charge is -2.42. The standard InChI is InChI=1S/C16H24N2O/c17-13-16(7-3-8-16)9-11-18-10-4-12-19-15-6-2-1-5-14(15)18/h1-2,5-6H,3-4,7-13,17H2. The summed E-state index contributed by atoms with van der Waals surface area (Å²) in [5.74, 6) is 1.04. The smallest absolute Gasteiger partial charge is 0.142 e. The van der Waals surface area contributed by atoms with Gasteiger partial charge in [0.05, 0.1) is 12.3 Å². The number of benzene rings is 1. The lowest BCUT2D eigenvalue weighted by molar-refractivity contribution is 0.133. The first kappa shape index (κ1) is 12.8. The molecule has 3 heteroatoms. The van der Waals surface area contributed by atoms with Gasteiger partial charge in [-0.1, -0.05) is 18.6 Å². The third-order valence-electron chi connectivity index (χ3n) is 4.80. The Morgan fingerprint density at radius 3 is 2.79 bits per heavy atom. The van der Waals surface area contributed by atoms with Gasteiger partial charge in [-0.05, 0) is 49.8 Å². The van der Waals surface area contributed by atoms with Crippen LogP contribution in [0.4, 0.5) is 5.69 Å². The monoisotopic (exact) mass is 260 g/mol. The largest absolute Gasteiger partial charge is 0.491 e. The maximum atomic E-state index is 5.97. The van der Waals surface area contributed by atoms with Crippen molar-refractivity contribution in [3.05, 3.63) is 24.3 Å². The van der Waals surface area contributed by atoms with Gasteiger partial charge >= 0.3 is 0 Å². The van der Waals surface area contributed by atoms with E-state index in [2.05, 4.69) is 29.2 Å². The van der Waals surface area contributed by atoms with Gasteiger partial charge in [-0.25, -0.2) is 0 Å². The molecular weight excluding hydrogens is 236 g/mol. The van der Waals surface area contributed by atoms with Gasteiger partial charge in [-0.15, -0.1) is 0 Å². The molecule has 0 saturated heterocycles. The fourth-order valence-electron chi connectivity index (χ4n) is 3.24. The van der Waals surface area contributed by atoms with Crippen LogP contribution in [0.25, 0.3) is 0 Å². The van der Waals surface area contributed by atoms with E-state index in [1.165, 1.54) is 31.4 Å². The average molecular weight is 260 g/mol. The summed E-state index contributed by atoms with van der Waals surface area (Å²) >= 11 is 0. The Balaban J connectivity index is 1.70. The number of nitrogens with two attached hydrogens (primary N) is 1. The van der Waals surface area contributed by atoms with Gasteiger partial charge < -0.3 is 15.4 Å². The number of hydrogen-bond acceptors (Lipinski definition) is 3. The molecular formula is C16H24N2O. The molecule has 1 heterocycles. The number of fused-ring (bicyclic) bond motifs is 1. The summed E-state index contributed by atoms with van der Waals surface area (Å²) in [4.78, 5) is 2.48. The van der Waals surface area contributed by atoms with Crippen LogP contribution in [0.1, 0.15) is 32.1 Å².